The highest BCUT2D eigenvalue weighted by Gasteiger charge is 2.36. The van der Waals surface area contributed by atoms with Gasteiger partial charge in [0.05, 0.1) is 36.5 Å². The van der Waals surface area contributed by atoms with Gasteiger partial charge in [0.25, 0.3) is 17.5 Å². The number of fused-ring (bicyclic) bond motifs is 1. The first-order valence-electron chi connectivity index (χ1n) is 10.0. The molecule has 0 aromatic heterocycles. The number of amides is 2. The van der Waals surface area contributed by atoms with E-state index in [1.807, 2.05) is 13.0 Å². The van der Waals surface area contributed by atoms with Crippen LogP contribution in [0.3, 0.4) is 0 Å². The van der Waals surface area contributed by atoms with Gasteiger partial charge in [0.2, 0.25) is 0 Å². The second-order valence-corrected chi connectivity index (χ2v) is 7.41. The van der Waals surface area contributed by atoms with Crippen molar-refractivity contribution in [3.63, 3.8) is 0 Å². The van der Waals surface area contributed by atoms with Gasteiger partial charge >= 0.3 is 0 Å². The summed E-state index contributed by atoms with van der Waals surface area (Å²) in [4.78, 5) is 39.1. The van der Waals surface area contributed by atoms with E-state index in [1.54, 1.807) is 42.5 Å². The predicted molar refractivity (Wildman–Crippen MR) is 124 cm³/mol. The molecule has 8 heteroatoms. The number of hydrogen-bond donors (Lipinski definition) is 0. The number of ether oxygens (including phenoxy) is 2. The molecule has 1 aliphatic heterocycles. The maximum absolute atomic E-state index is 13.6. The van der Waals surface area contributed by atoms with Crippen LogP contribution in [0.2, 0.25) is 0 Å². The first-order valence-corrected chi connectivity index (χ1v) is 10.0. The zero-order valence-electron chi connectivity index (χ0n) is 18.2. The molecule has 1 aliphatic rings. The van der Waals surface area contributed by atoms with Gasteiger partial charge in [-0.25, -0.2) is 4.90 Å². The van der Waals surface area contributed by atoms with Crippen LogP contribution in [0.25, 0.3) is 11.6 Å². The average molecular weight is 444 g/mol. The van der Waals surface area contributed by atoms with Crippen LogP contribution in [-0.4, -0.2) is 31.0 Å². The summed E-state index contributed by atoms with van der Waals surface area (Å²) in [5, 5.41) is 11.8. The average Bonchev–Trinajstić information content (AvgIpc) is 2.81. The summed E-state index contributed by atoms with van der Waals surface area (Å²) in [6, 6.07) is 16.4. The Morgan fingerprint density at radius 1 is 0.879 bits per heavy atom. The number of benzene rings is 3. The van der Waals surface area contributed by atoms with E-state index in [4.69, 9.17) is 9.47 Å². The third kappa shape index (κ3) is 3.82. The van der Waals surface area contributed by atoms with E-state index in [2.05, 4.69) is 0 Å². The Morgan fingerprint density at radius 3 is 2.18 bits per heavy atom. The van der Waals surface area contributed by atoms with Crippen molar-refractivity contribution in [2.24, 2.45) is 0 Å². The summed E-state index contributed by atoms with van der Waals surface area (Å²) >= 11 is 0. The van der Waals surface area contributed by atoms with Crippen LogP contribution in [0.15, 0.2) is 60.7 Å². The lowest BCUT2D eigenvalue weighted by atomic mass is 9.91. The molecule has 3 aromatic rings. The molecular weight excluding hydrogens is 424 g/mol. The van der Waals surface area contributed by atoms with Gasteiger partial charge in [-0.3, -0.25) is 19.7 Å². The zero-order chi connectivity index (χ0) is 23.7. The van der Waals surface area contributed by atoms with Crippen LogP contribution in [-0.2, 0) is 4.79 Å². The van der Waals surface area contributed by atoms with E-state index < -0.39 is 16.7 Å². The van der Waals surface area contributed by atoms with E-state index >= 15 is 0 Å². The maximum Gasteiger partial charge on any atom is 0.280 e. The highest BCUT2D eigenvalue weighted by atomic mass is 16.6. The van der Waals surface area contributed by atoms with Gasteiger partial charge in [-0.05, 0) is 48.4 Å². The number of methoxy groups -OCH3 is 2. The van der Waals surface area contributed by atoms with Crippen LogP contribution < -0.4 is 14.4 Å². The molecule has 4 rings (SSSR count). The van der Waals surface area contributed by atoms with E-state index in [0.717, 1.165) is 10.5 Å². The second kappa shape index (κ2) is 8.58. The van der Waals surface area contributed by atoms with Crippen molar-refractivity contribution in [2.45, 2.75) is 6.92 Å². The van der Waals surface area contributed by atoms with Crippen molar-refractivity contribution in [3.8, 4) is 11.5 Å². The summed E-state index contributed by atoms with van der Waals surface area (Å²) < 4.78 is 10.5. The lowest BCUT2D eigenvalue weighted by molar-refractivity contribution is -0.385. The number of nitro benzene ring substituents is 1. The molecule has 0 unspecified atom stereocenters. The van der Waals surface area contributed by atoms with Crippen LogP contribution >= 0.6 is 0 Å². The first kappa shape index (κ1) is 21.8. The number of carbonyl (C=O) groups excluding carboxylic acids is 2. The summed E-state index contributed by atoms with van der Waals surface area (Å²) in [6.45, 7) is 1.86. The van der Waals surface area contributed by atoms with Gasteiger partial charge in [0, 0.05) is 11.1 Å². The minimum Gasteiger partial charge on any atom is -0.493 e. The molecule has 0 fully saturated rings. The Balaban J connectivity index is 1.96. The molecule has 0 saturated carbocycles. The number of carbonyl (C=O) groups is 2. The van der Waals surface area contributed by atoms with E-state index in [-0.39, 0.29) is 28.3 Å². The number of aryl methyl sites for hydroxylation is 1. The monoisotopic (exact) mass is 444 g/mol. The van der Waals surface area contributed by atoms with Crippen molar-refractivity contribution < 1.29 is 24.0 Å². The summed E-state index contributed by atoms with van der Waals surface area (Å²) in [7, 11) is 2.80. The Bertz CT molecular complexity index is 1330. The van der Waals surface area contributed by atoms with Crippen molar-refractivity contribution in [2.75, 3.05) is 19.1 Å². The minimum atomic E-state index is -0.576. The van der Waals surface area contributed by atoms with Crippen LogP contribution in [0.1, 0.15) is 27.0 Å². The van der Waals surface area contributed by atoms with Crippen molar-refractivity contribution in [1.29, 1.82) is 0 Å². The number of rotatable bonds is 5. The highest BCUT2D eigenvalue weighted by molar-refractivity contribution is 6.43. The number of anilines is 1. The fraction of sp³-hybridized carbons (Fsp3) is 0.120. The topological polar surface area (TPSA) is 99.0 Å². The molecule has 8 nitrogen and oxygen atoms in total. The number of imide groups is 1. The smallest absolute Gasteiger partial charge is 0.280 e. The normalized spacial score (nSPS) is 14.3. The summed E-state index contributed by atoms with van der Waals surface area (Å²) in [5.41, 5.74) is 2.08. The van der Waals surface area contributed by atoms with E-state index in [1.165, 1.54) is 32.4 Å². The molecule has 0 aliphatic carbocycles. The third-order valence-electron chi connectivity index (χ3n) is 5.37. The molecule has 0 spiro atoms. The Kier molecular flexibility index (Phi) is 5.66. The fourth-order valence-electron chi connectivity index (χ4n) is 3.81. The van der Waals surface area contributed by atoms with Crippen molar-refractivity contribution in [1.82, 2.24) is 0 Å². The second-order valence-electron chi connectivity index (χ2n) is 7.41. The Labute approximate surface area is 189 Å². The van der Waals surface area contributed by atoms with Crippen molar-refractivity contribution in [3.05, 3.63) is 93.0 Å². The van der Waals surface area contributed by atoms with Gasteiger partial charge < -0.3 is 9.47 Å². The largest absolute Gasteiger partial charge is 0.493 e. The Hall–Kier alpha value is -4.46. The molecule has 2 amide bonds. The molecular formula is C25H20N2O6. The van der Waals surface area contributed by atoms with Crippen LogP contribution in [0.5, 0.6) is 11.5 Å². The molecule has 0 bridgehead atoms. The Morgan fingerprint density at radius 2 is 1.55 bits per heavy atom. The number of nitro groups is 1. The molecule has 33 heavy (non-hydrogen) atoms. The summed E-state index contributed by atoms with van der Waals surface area (Å²) in [5.74, 6) is -0.565. The fourth-order valence-corrected chi connectivity index (χ4v) is 3.81. The predicted octanol–water partition coefficient (Wildman–Crippen LogP) is 4.65. The molecule has 0 saturated heterocycles. The van der Waals surface area contributed by atoms with Gasteiger partial charge in [0.15, 0.2) is 11.5 Å². The standard InChI is InChI=1S/C25H20N2O6/c1-15-7-6-8-17(11-15)26-24(28)19-10-5-4-9-18(19)20(25(26)29)12-16-13-22(32-2)23(33-3)14-21(16)27(30)31/h4-14H,1-3H3/b20-12-. The quantitative estimate of drug-likeness (QED) is 0.246. The van der Waals surface area contributed by atoms with Gasteiger partial charge in [0.1, 0.15) is 0 Å². The first-order chi connectivity index (χ1) is 15.8. The molecule has 3 aromatic carbocycles. The SMILES string of the molecule is COc1cc(/C=C2\C(=O)N(c3cccc(C)c3)C(=O)c3ccccc32)c([N+](=O)[O-])cc1OC. The van der Waals surface area contributed by atoms with E-state index in [0.29, 0.717) is 16.8 Å². The molecule has 0 N–H and O–H groups in total. The number of nitrogens with zero attached hydrogens (tertiary/aromatic N) is 2. The summed E-state index contributed by atoms with van der Waals surface area (Å²) in [6.07, 6.45) is 1.41. The zero-order valence-corrected chi connectivity index (χ0v) is 18.2. The van der Waals surface area contributed by atoms with Crippen LogP contribution in [0.4, 0.5) is 11.4 Å². The molecule has 0 radical (unpaired) electrons. The van der Waals surface area contributed by atoms with Gasteiger partial charge in [-0.2, -0.15) is 0 Å². The van der Waals surface area contributed by atoms with Crippen LogP contribution in [0, 0.1) is 17.0 Å². The lowest BCUT2D eigenvalue weighted by Gasteiger charge is -2.29. The molecule has 0 atom stereocenters. The van der Waals surface area contributed by atoms with Gasteiger partial charge in [-0.1, -0.05) is 30.3 Å². The maximum atomic E-state index is 13.6. The van der Waals surface area contributed by atoms with Crippen molar-refractivity contribution >= 4 is 34.8 Å². The minimum absolute atomic E-state index is 0.148. The number of hydrogen-bond acceptors (Lipinski definition) is 6. The third-order valence-corrected chi connectivity index (χ3v) is 5.37. The molecule has 1 heterocycles. The van der Waals surface area contributed by atoms with Gasteiger partial charge in [-0.15, -0.1) is 0 Å². The molecule has 166 valence electrons. The van der Waals surface area contributed by atoms with E-state index in [9.17, 15) is 19.7 Å². The lowest BCUT2D eigenvalue weighted by Crippen LogP contribution is -2.41. The highest BCUT2D eigenvalue weighted by Crippen LogP contribution is 2.39.